The van der Waals surface area contributed by atoms with Gasteiger partial charge >= 0.3 is 0 Å². The fourth-order valence-corrected chi connectivity index (χ4v) is 8.42. The molecule has 5 heterocycles. The molecular weight excluding hydrogens is 843 g/mol. The lowest BCUT2D eigenvalue weighted by Crippen LogP contribution is -2.52. The highest BCUT2D eigenvalue weighted by atomic mass is 16.5. The maximum absolute atomic E-state index is 13.3. The zero-order valence-electron chi connectivity index (χ0n) is 37.3. The van der Waals surface area contributed by atoms with E-state index in [0.29, 0.717) is 87.4 Å². The van der Waals surface area contributed by atoms with Crippen LogP contribution in [0.4, 0.5) is 11.4 Å². The zero-order chi connectivity index (χ0) is 46.0. The SMILES string of the molecule is C[C@@H](NC(=O)c1cccc(NCc2nnc(-c3ccncn3)n2C)c1)c1cccc(OCCCCCCOCC(=O)N2CCN(c3ccc4c(c3)CN(C3CCC(=O)NC3=O)C4=O)CC2)c1. The number of benzene rings is 3. The molecule has 2 fully saturated rings. The van der Waals surface area contributed by atoms with Crippen LogP contribution in [-0.2, 0) is 39.3 Å². The molecule has 3 aliphatic heterocycles. The number of hydrogen-bond acceptors (Lipinski definition) is 13. The molecule has 8 rings (SSSR count). The van der Waals surface area contributed by atoms with Gasteiger partial charge in [0.1, 0.15) is 30.4 Å². The summed E-state index contributed by atoms with van der Waals surface area (Å²) in [4.78, 5) is 77.1. The summed E-state index contributed by atoms with van der Waals surface area (Å²) in [6.07, 6.45) is 7.33. The van der Waals surface area contributed by atoms with E-state index in [-0.39, 0.29) is 42.7 Å². The van der Waals surface area contributed by atoms with Gasteiger partial charge in [0.05, 0.1) is 19.2 Å². The van der Waals surface area contributed by atoms with E-state index in [2.05, 4.69) is 41.0 Å². The first-order chi connectivity index (χ1) is 32.1. The van der Waals surface area contributed by atoms with E-state index in [9.17, 15) is 24.0 Å². The highest BCUT2D eigenvalue weighted by Crippen LogP contribution is 2.31. The summed E-state index contributed by atoms with van der Waals surface area (Å²) in [6.45, 7) is 6.28. The van der Waals surface area contributed by atoms with E-state index < -0.39 is 11.9 Å². The fraction of sp³-hybridized carbons (Fsp3) is 0.396. The number of piperazine rings is 1. The fourth-order valence-electron chi connectivity index (χ4n) is 8.42. The maximum atomic E-state index is 13.3. The Hall–Kier alpha value is -7.21. The van der Waals surface area contributed by atoms with E-state index in [1.807, 2.05) is 84.1 Å². The average Bonchev–Trinajstić information content (AvgIpc) is 3.88. The zero-order valence-corrected chi connectivity index (χ0v) is 37.3. The second-order valence-electron chi connectivity index (χ2n) is 16.7. The van der Waals surface area contributed by atoms with Crippen molar-refractivity contribution >= 4 is 40.9 Å². The highest BCUT2D eigenvalue weighted by Gasteiger charge is 2.39. The normalized spacial score (nSPS) is 16.5. The van der Waals surface area contributed by atoms with E-state index in [1.54, 1.807) is 23.2 Å². The molecule has 0 bridgehead atoms. The molecule has 0 saturated carbocycles. The van der Waals surface area contributed by atoms with Crippen LogP contribution in [-0.4, -0.2) is 116 Å². The van der Waals surface area contributed by atoms with Gasteiger partial charge in [-0.25, -0.2) is 9.97 Å². The van der Waals surface area contributed by atoms with Crippen molar-refractivity contribution in [3.8, 4) is 17.3 Å². The molecule has 66 heavy (non-hydrogen) atoms. The van der Waals surface area contributed by atoms with Gasteiger partial charge in [0, 0.05) is 81.5 Å². The second kappa shape index (κ2) is 21.2. The number of hydrogen-bond donors (Lipinski definition) is 3. The second-order valence-corrected chi connectivity index (χ2v) is 16.7. The van der Waals surface area contributed by atoms with E-state index in [0.717, 1.165) is 53.9 Å². The van der Waals surface area contributed by atoms with Crippen LogP contribution in [0.2, 0.25) is 0 Å². The van der Waals surface area contributed by atoms with Crippen LogP contribution in [0.1, 0.15) is 89.2 Å². The lowest BCUT2D eigenvalue weighted by molar-refractivity contribution is -0.137. The Bertz CT molecular complexity index is 2540. The number of ether oxygens (including phenoxy) is 2. The van der Waals surface area contributed by atoms with Crippen LogP contribution in [0.3, 0.4) is 0 Å². The van der Waals surface area contributed by atoms with Gasteiger partial charge in [0.2, 0.25) is 17.7 Å². The van der Waals surface area contributed by atoms with Crippen LogP contribution < -0.4 is 25.6 Å². The summed E-state index contributed by atoms with van der Waals surface area (Å²) in [5, 5.41) is 17.3. The smallest absolute Gasteiger partial charge is 0.255 e. The Morgan fingerprint density at radius 1 is 0.909 bits per heavy atom. The monoisotopic (exact) mass is 897 g/mol. The first-order valence-corrected chi connectivity index (χ1v) is 22.5. The molecule has 5 aromatic rings. The van der Waals surface area contributed by atoms with Crippen LogP contribution in [0.15, 0.2) is 85.3 Å². The molecule has 18 heteroatoms. The van der Waals surface area contributed by atoms with Crippen molar-refractivity contribution in [3.63, 3.8) is 0 Å². The van der Waals surface area contributed by atoms with Gasteiger partial charge < -0.3 is 39.4 Å². The average molecular weight is 898 g/mol. The summed E-state index contributed by atoms with van der Waals surface area (Å²) in [5.41, 5.74) is 5.35. The third kappa shape index (κ3) is 11.0. The first-order valence-electron chi connectivity index (χ1n) is 22.5. The Morgan fingerprint density at radius 3 is 2.53 bits per heavy atom. The Morgan fingerprint density at radius 2 is 1.73 bits per heavy atom. The molecule has 1 unspecified atom stereocenters. The number of fused-ring (bicyclic) bond motifs is 1. The largest absolute Gasteiger partial charge is 0.494 e. The van der Waals surface area contributed by atoms with Crippen LogP contribution >= 0.6 is 0 Å². The number of rotatable bonds is 19. The van der Waals surface area contributed by atoms with Crippen molar-refractivity contribution < 1.29 is 33.4 Å². The number of aromatic nitrogens is 5. The Balaban J connectivity index is 0.683. The molecule has 3 N–H and O–H groups in total. The molecule has 0 radical (unpaired) electrons. The molecule has 344 valence electrons. The summed E-state index contributed by atoms with van der Waals surface area (Å²) in [5.74, 6) is 0.975. The van der Waals surface area contributed by atoms with Crippen molar-refractivity contribution in [1.29, 1.82) is 0 Å². The minimum absolute atomic E-state index is 0.0224. The lowest BCUT2D eigenvalue weighted by Gasteiger charge is -2.36. The molecule has 2 aromatic heterocycles. The summed E-state index contributed by atoms with van der Waals surface area (Å²) in [7, 11) is 1.88. The van der Waals surface area contributed by atoms with Gasteiger partial charge in [0.15, 0.2) is 11.6 Å². The summed E-state index contributed by atoms with van der Waals surface area (Å²) < 4.78 is 13.7. The number of imide groups is 1. The van der Waals surface area contributed by atoms with Crippen LogP contribution in [0.5, 0.6) is 5.75 Å². The lowest BCUT2D eigenvalue weighted by atomic mass is 10.0. The van der Waals surface area contributed by atoms with Gasteiger partial charge in [0.25, 0.3) is 11.8 Å². The molecule has 3 aromatic carbocycles. The van der Waals surface area contributed by atoms with Crippen molar-refractivity contribution in [1.82, 2.24) is 45.2 Å². The minimum atomic E-state index is -0.643. The summed E-state index contributed by atoms with van der Waals surface area (Å²) in [6, 6.07) is 21.7. The third-order valence-corrected chi connectivity index (χ3v) is 12.2. The predicted octanol–water partition coefficient (Wildman–Crippen LogP) is 4.44. The predicted molar refractivity (Wildman–Crippen MR) is 244 cm³/mol. The number of piperidine rings is 1. The third-order valence-electron chi connectivity index (χ3n) is 12.2. The van der Waals surface area contributed by atoms with Crippen molar-refractivity contribution in [2.45, 2.75) is 70.6 Å². The quantitative estimate of drug-likeness (QED) is 0.0776. The van der Waals surface area contributed by atoms with Crippen LogP contribution in [0.25, 0.3) is 11.5 Å². The standard InChI is InChI=1S/C48H55N11O7/c1-32(52-46(62)34-10-7-11-36(25-34)50-28-42-54-55-45(56(42)2)40-17-18-49-31-51-40)33-9-8-12-38(27-33)66-24-6-4-3-5-23-65-30-44(61)58-21-19-57(20-22-58)37-13-14-39-35(26-37)29-59(48(39)64)41-15-16-43(60)53-47(41)63/h7-14,17-18,25-27,31-32,41,50H,3-6,15-16,19-24,28-30H2,1-2H3,(H,52,62)(H,53,60,63)/t32-,41?/m1/s1. The van der Waals surface area contributed by atoms with Gasteiger partial charge in [-0.2, -0.15) is 0 Å². The maximum Gasteiger partial charge on any atom is 0.255 e. The number of carbonyl (C=O) groups is 5. The highest BCUT2D eigenvalue weighted by molar-refractivity contribution is 6.05. The first kappa shape index (κ1) is 45.4. The summed E-state index contributed by atoms with van der Waals surface area (Å²) >= 11 is 0. The Kier molecular flexibility index (Phi) is 14.6. The number of amides is 5. The molecule has 18 nitrogen and oxygen atoms in total. The molecule has 2 saturated heterocycles. The van der Waals surface area contributed by atoms with Crippen molar-refractivity contribution in [3.05, 3.63) is 113 Å². The number of nitrogens with zero attached hydrogens (tertiary/aromatic N) is 8. The Labute approximate surface area is 383 Å². The topological polar surface area (TPSA) is 206 Å². The molecule has 0 aliphatic carbocycles. The molecular formula is C48H55N11O7. The van der Waals surface area contributed by atoms with E-state index in [1.165, 1.54) is 6.33 Å². The van der Waals surface area contributed by atoms with Crippen LogP contribution in [0, 0.1) is 0 Å². The molecule has 2 atom stereocenters. The van der Waals surface area contributed by atoms with E-state index >= 15 is 0 Å². The number of carbonyl (C=O) groups excluding carboxylic acids is 5. The van der Waals surface area contributed by atoms with Gasteiger partial charge in [-0.15, -0.1) is 10.2 Å². The molecule has 3 aliphatic rings. The van der Waals surface area contributed by atoms with E-state index in [4.69, 9.17) is 9.47 Å². The number of anilines is 2. The minimum Gasteiger partial charge on any atom is -0.494 e. The van der Waals surface area contributed by atoms with Crippen molar-refractivity contribution in [2.75, 3.05) is 56.2 Å². The van der Waals surface area contributed by atoms with Crippen molar-refractivity contribution in [2.24, 2.45) is 7.05 Å². The van der Waals surface area contributed by atoms with Gasteiger partial charge in [-0.05, 0) is 98.3 Å². The molecule has 5 amide bonds. The number of nitrogens with one attached hydrogen (secondary N) is 3. The molecule has 0 spiro atoms. The van der Waals surface area contributed by atoms with Gasteiger partial charge in [-0.1, -0.05) is 24.6 Å². The van der Waals surface area contributed by atoms with Gasteiger partial charge in [-0.3, -0.25) is 29.3 Å². The number of unbranched alkanes of at least 4 members (excludes halogenated alkanes) is 3.